The van der Waals surface area contributed by atoms with E-state index >= 15 is 0 Å². The molecule has 14 heteroatoms. The van der Waals surface area contributed by atoms with Gasteiger partial charge in [0.1, 0.15) is 5.76 Å². The number of pyridine rings is 2. The Bertz CT molecular complexity index is 1850. The molecule has 0 spiro atoms. The lowest BCUT2D eigenvalue weighted by Crippen LogP contribution is -2.40. The van der Waals surface area contributed by atoms with Gasteiger partial charge in [-0.15, -0.1) is 0 Å². The number of aromatic nitrogens is 2. The fraction of sp³-hybridized carbons (Fsp3) is 0.513. The number of carbonyl (C=O) groups is 3. The predicted molar refractivity (Wildman–Crippen MR) is 203 cm³/mol. The van der Waals surface area contributed by atoms with E-state index in [0.717, 1.165) is 5.70 Å². The first-order chi connectivity index (χ1) is 24.6. The summed E-state index contributed by atoms with van der Waals surface area (Å²) >= 11 is 0. The molecular weight excluding hydrogens is 680 g/mol. The van der Waals surface area contributed by atoms with Crippen LogP contribution in [0.3, 0.4) is 0 Å². The van der Waals surface area contributed by atoms with Crippen molar-refractivity contribution in [2.75, 3.05) is 13.6 Å². The number of amides is 3. The molecule has 2 aromatic heterocycles. The molecule has 2 aromatic rings. The minimum Gasteiger partial charge on any atom is -0.505 e. The molecule has 14 nitrogen and oxygen atoms in total. The second kappa shape index (κ2) is 17.0. The molecule has 3 heterocycles. The van der Waals surface area contributed by atoms with E-state index in [0.29, 0.717) is 41.9 Å². The molecule has 0 unspecified atom stereocenters. The molecule has 1 aliphatic rings. The summed E-state index contributed by atoms with van der Waals surface area (Å²) in [6.45, 7) is 15.1. The van der Waals surface area contributed by atoms with Gasteiger partial charge in [-0.3, -0.25) is 24.0 Å². The van der Waals surface area contributed by atoms with Crippen LogP contribution in [0.5, 0.6) is 11.5 Å². The van der Waals surface area contributed by atoms with Gasteiger partial charge < -0.3 is 45.3 Å². The van der Waals surface area contributed by atoms with Crippen molar-refractivity contribution < 1.29 is 29.7 Å². The maximum Gasteiger partial charge on any atom is 0.223 e. The Balaban J connectivity index is 1.80. The summed E-state index contributed by atoms with van der Waals surface area (Å²) < 4.78 is 3.27. The van der Waals surface area contributed by atoms with E-state index in [1.165, 1.54) is 12.1 Å². The lowest BCUT2D eigenvalue weighted by atomic mass is 9.59. The minimum atomic E-state index is -0.702. The number of hydrogen-bond donors (Lipinski definition) is 6. The van der Waals surface area contributed by atoms with Crippen LogP contribution in [0.15, 0.2) is 57.1 Å². The SMILES string of the molecule is C=C1C=C(C)N(C)C(CNC(=O)CCC(CCC(=O)NCc2c(O)c(=O)cc(C)n2C)(CCC(=O)NCc2c(O)c(=O)cc(C)n2C)C(C)(C)C)=C1O. The fourth-order valence-electron chi connectivity index (χ4n) is 6.69. The van der Waals surface area contributed by atoms with E-state index in [9.17, 15) is 39.3 Å². The average Bonchev–Trinajstić information content (AvgIpc) is 3.08. The number of aromatic hydroxyl groups is 2. The van der Waals surface area contributed by atoms with Crippen molar-refractivity contribution >= 4 is 17.7 Å². The van der Waals surface area contributed by atoms with Gasteiger partial charge in [-0.2, -0.15) is 0 Å². The number of nitrogens with zero attached hydrogens (tertiary/aromatic N) is 3. The molecule has 0 atom stereocenters. The molecule has 3 rings (SSSR count). The van der Waals surface area contributed by atoms with Crippen molar-refractivity contribution in [1.82, 2.24) is 30.0 Å². The maximum absolute atomic E-state index is 13.3. The summed E-state index contributed by atoms with van der Waals surface area (Å²) in [5.41, 5.74) is 1.35. The lowest BCUT2D eigenvalue weighted by molar-refractivity contribution is -0.123. The van der Waals surface area contributed by atoms with Gasteiger partial charge in [-0.25, -0.2) is 0 Å². The van der Waals surface area contributed by atoms with E-state index in [1.807, 2.05) is 27.7 Å². The van der Waals surface area contributed by atoms with E-state index in [2.05, 4.69) is 22.5 Å². The normalized spacial score (nSPS) is 13.6. The van der Waals surface area contributed by atoms with E-state index in [1.54, 1.807) is 55.1 Å². The topological polar surface area (TPSA) is 195 Å². The van der Waals surface area contributed by atoms with E-state index < -0.39 is 33.2 Å². The summed E-state index contributed by atoms with van der Waals surface area (Å²) in [6, 6.07) is 2.63. The molecule has 0 bridgehead atoms. The van der Waals surface area contributed by atoms with Crippen molar-refractivity contribution in [3.8, 4) is 11.5 Å². The molecule has 290 valence electrons. The molecule has 0 aromatic carbocycles. The Morgan fingerprint density at radius 1 is 0.698 bits per heavy atom. The number of likely N-dealkylation sites (N-methyl/N-ethyl adjacent to an activating group) is 1. The number of hydrogen-bond acceptors (Lipinski definition) is 9. The Labute approximate surface area is 310 Å². The lowest BCUT2D eigenvalue weighted by Gasteiger charge is -2.45. The van der Waals surface area contributed by atoms with Crippen molar-refractivity contribution in [2.24, 2.45) is 24.9 Å². The van der Waals surface area contributed by atoms with Gasteiger partial charge in [0.15, 0.2) is 11.5 Å². The van der Waals surface area contributed by atoms with Crippen LogP contribution in [-0.4, -0.2) is 60.7 Å². The molecule has 1 aliphatic heterocycles. The molecule has 0 saturated carbocycles. The Kier molecular flexibility index (Phi) is 13.5. The molecule has 53 heavy (non-hydrogen) atoms. The Hall–Kier alpha value is -5.27. The highest BCUT2D eigenvalue weighted by molar-refractivity contribution is 5.77. The predicted octanol–water partition coefficient (Wildman–Crippen LogP) is 3.71. The second-order valence-electron chi connectivity index (χ2n) is 15.0. The van der Waals surface area contributed by atoms with Gasteiger partial charge in [0.2, 0.25) is 28.6 Å². The third kappa shape index (κ3) is 9.99. The van der Waals surface area contributed by atoms with Crippen LogP contribution in [0.25, 0.3) is 0 Å². The molecular formula is C39H56N6O8. The number of aryl methyl sites for hydroxylation is 2. The molecule has 0 saturated heterocycles. The number of allylic oxidation sites excluding steroid dienone is 2. The van der Waals surface area contributed by atoms with E-state index in [-0.39, 0.29) is 73.8 Å². The number of rotatable bonds is 15. The number of carbonyl (C=O) groups excluding carboxylic acids is 3. The van der Waals surface area contributed by atoms with Gasteiger partial charge in [0.25, 0.3) is 0 Å². The van der Waals surface area contributed by atoms with Crippen LogP contribution in [0.2, 0.25) is 0 Å². The van der Waals surface area contributed by atoms with Gasteiger partial charge in [-0.05, 0) is 56.9 Å². The molecule has 6 N–H and O–H groups in total. The zero-order valence-corrected chi connectivity index (χ0v) is 32.5. The zero-order chi connectivity index (χ0) is 40.0. The molecule has 0 aliphatic carbocycles. The largest absolute Gasteiger partial charge is 0.505 e. The number of aliphatic hydroxyl groups excluding tert-OH is 1. The highest BCUT2D eigenvalue weighted by Crippen LogP contribution is 2.50. The van der Waals surface area contributed by atoms with Crippen LogP contribution < -0.4 is 26.8 Å². The highest BCUT2D eigenvalue weighted by atomic mass is 16.3. The van der Waals surface area contributed by atoms with Crippen molar-refractivity contribution in [3.05, 3.63) is 90.7 Å². The summed E-state index contributed by atoms with van der Waals surface area (Å²) in [4.78, 5) is 66.1. The van der Waals surface area contributed by atoms with Crippen LogP contribution in [0.4, 0.5) is 0 Å². The summed E-state index contributed by atoms with van der Waals surface area (Å²) in [7, 11) is 5.17. The first-order valence-electron chi connectivity index (χ1n) is 17.7. The molecule has 0 fully saturated rings. The van der Waals surface area contributed by atoms with Crippen LogP contribution in [0, 0.1) is 24.7 Å². The quantitative estimate of drug-likeness (QED) is 0.158. The number of nitrogens with one attached hydrogen (secondary N) is 3. The van der Waals surface area contributed by atoms with E-state index in [4.69, 9.17) is 0 Å². The standard InChI is InChI=1S/C39H56N6O8/c1-23-17-24(2)43(8)27(35(23)51)20-40-32(48)11-14-39(38(5,6)7,15-12-33(49)41-21-28-36(52)30(46)18-25(3)44(28)9)16-13-34(50)42-22-29-37(53)31(47)19-26(4)45(29)10/h17-19,51-53H,1,11-16,20-22H2,2-10H3,(H,40,48)(H,41,49)(H,42,50). The van der Waals surface area contributed by atoms with Crippen molar-refractivity contribution in [2.45, 2.75) is 93.2 Å². The zero-order valence-electron chi connectivity index (χ0n) is 32.5. The van der Waals surface area contributed by atoms with Gasteiger partial charge >= 0.3 is 0 Å². The maximum atomic E-state index is 13.3. The third-order valence-electron chi connectivity index (χ3n) is 10.9. The summed E-state index contributed by atoms with van der Waals surface area (Å²) in [5, 5.41) is 39.8. The highest BCUT2D eigenvalue weighted by Gasteiger charge is 2.42. The van der Waals surface area contributed by atoms with Gasteiger partial charge in [0, 0.05) is 75.2 Å². The summed E-state index contributed by atoms with van der Waals surface area (Å²) in [5.74, 6) is -1.80. The van der Waals surface area contributed by atoms with Crippen LogP contribution in [0.1, 0.15) is 89.0 Å². The Morgan fingerprint density at radius 2 is 1.08 bits per heavy atom. The molecule has 3 amide bonds. The fourth-order valence-corrected chi connectivity index (χ4v) is 6.69. The average molecular weight is 737 g/mol. The van der Waals surface area contributed by atoms with Gasteiger partial charge in [0.05, 0.1) is 36.7 Å². The first-order valence-corrected chi connectivity index (χ1v) is 17.7. The minimum absolute atomic E-state index is 0.00225. The smallest absolute Gasteiger partial charge is 0.223 e. The Morgan fingerprint density at radius 3 is 1.45 bits per heavy atom. The van der Waals surface area contributed by atoms with Crippen LogP contribution in [-0.2, 0) is 41.6 Å². The monoisotopic (exact) mass is 736 g/mol. The summed E-state index contributed by atoms with van der Waals surface area (Å²) in [6.07, 6.45) is 2.86. The second-order valence-corrected chi connectivity index (χ2v) is 15.0. The van der Waals surface area contributed by atoms with Crippen molar-refractivity contribution in [1.29, 1.82) is 0 Å². The van der Waals surface area contributed by atoms with Crippen molar-refractivity contribution in [3.63, 3.8) is 0 Å². The van der Waals surface area contributed by atoms with Crippen LogP contribution >= 0.6 is 0 Å². The molecule has 0 radical (unpaired) electrons. The third-order valence-corrected chi connectivity index (χ3v) is 10.9. The number of aliphatic hydroxyl groups is 1. The van der Waals surface area contributed by atoms with Gasteiger partial charge in [-0.1, -0.05) is 27.4 Å². The first kappa shape index (κ1) is 42.1.